The van der Waals surface area contributed by atoms with Gasteiger partial charge in [-0.15, -0.1) is 0 Å². The Kier molecular flexibility index (Phi) is 3.71. The van der Waals surface area contributed by atoms with Crippen molar-refractivity contribution in [3.63, 3.8) is 0 Å². The minimum Gasteiger partial charge on any atom is -0.368 e. The van der Waals surface area contributed by atoms with Crippen LogP contribution in [0.4, 0.5) is 23.5 Å². The lowest BCUT2D eigenvalue weighted by atomic mass is 10.3. The second-order valence-corrected chi connectivity index (χ2v) is 4.66. The molecule has 0 unspecified atom stereocenters. The molecule has 6 nitrogen and oxygen atoms in total. The lowest BCUT2D eigenvalue weighted by molar-refractivity contribution is 0.939. The predicted molar refractivity (Wildman–Crippen MR) is 78.1 cm³/mol. The molecule has 0 saturated carbocycles. The fraction of sp³-hybridized carbons (Fsp3) is 0.250. The summed E-state index contributed by atoms with van der Waals surface area (Å²) in [5.41, 5.74) is 6.58. The number of hydrogen-bond acceptors (Lipinski definition) is 6. The van der Waals surface area contributed by atoms with E-state index >= 15 is 0 Å². The van der Waals surface area contributed by atoms with Gasteiger partial charge in [-0.25, -0.2) is 0 Å². The molecule has 100 valence electrons. The first-order valence-electron chi connectivity index (χ1n) is 5.65. The first-order valence-corrected chi connectivity index (χ1v) is 6.03. The summed E-state index contributed by atoms with van der Waals surface area (Å²) in [5.74, 6) is 1.16. The first-order chi connectivity index (χ1) is 8.97. The van der Waals surface area contributed by atoms with E-state index in [4.69, 9.17) is 17.3 Å². The Balaban J connectivity index is 2.41. The molecule has 0 bridgehead atoms. The van der Waals surface area contributed by atoms with E-state index in [0.717, 1.165) is 5.69 Å². The van der Waals surface area contributed by atoms with E-state index in [1.165, 1.54) is 0 Å². The van der Waals surface area contributed by atoms with Crippen LogP contribution in [0.1, 0.15) is 0 Å². The van der Waals surface area contributed by atoms with Crippen LogP contribution in [0, 0.1) is 0 Å². The summed E-state index contributed by atoms with van der Waals surface area (Å²) < 4.78 is 0. The summed E-state index contributed by atoms with van der Waals surface area (Å²) in [4.78, 5) is 16.1. The molecular weight excluding hydrogens is 264 g/mol. The van der Waals surface area contributed by atoms with Gasteiger partial charge in [0.25, 0.3) is 0 Å². The number of hydrogen-bond donors (Lipinski definition) is 1. The average Bonchev–Trinajstić information content (AvgIpc) is 2.37. The highest BCUT2D eigenvalue weighted by Crippen LogP contribution is 2.24. The fourth-order valence-electron chi connectivity index (χ4n) is 1.52. The van der Waals surface area contributed by atoms with Crippen molar-refractivity contribution in [3.05, 3.63) is 29.3 Å². The highest BCUT2D eigenvalue weighted by molar-refractivity contribution is 6.30. The van der Waals surface area contributed by atoms with Crippen LogP contribution in [0.3, 0.4) is 0 Å². The molecular formula is C12H15ClN6. The van der Waals surface area contributed by atoms with Gasteiger partial charge in [-0.2, -0.15) is 15.0 Å². The van der Waals surface area contributed by atoms with Crippen LogP contribution < -0.4 is 15.5 Å². The zero-order valence-electron chi connectivity index (χ0n) is 11.0. The van der Waals surface area contributed by atoms with Gasteiger partial charge in [0.05, 0.1) is 0 Å². The molecule has 0 radical (unpaired) electrons. The molecule has 0 aliphatic heterocycles. The van der Waals surface area contributed by atoms with Gasteiger partial charge < -0.3 is 15.5 Å². The minimum absolute atomic E-state index is 0.183. The molecule has 1 aromatic heterocycles. The largest absolute Gasteiger partial charge is 0.368 e. The molecule has 2 rings (SSSR count). The second-order valence-electron chi connectivity index (χ2n) is 4.23. The van der Waals surface area contributed by atoms with Gasteiger partial charge in [-0.3, -0.25) is 0 Å². The van der Waals surface area contributed by atoms with Crippen molar-refractivity contribution >= 4 is 35.1 Å². The van der Waals surface area contributed by atoms with Gasteiger partial charge in [0, 0.05) is 31.9 Å². The van der Waals surface area contributed by atoms with Crippen LogP contribution >= 0.6 is 11.6 Å². The van der Waals surface area contributed by atoms with Crippen molar-refractivity contribution in [1.29, 1.82) is 0 Å². The number of benzene rings is 1. The number of anilines is 4. The maximum atomic E-state index is 5.98. The van der Waals surface area contributed by atoms with E-state index in [1.807, 2.05) is 45.4 Å². The van der Waals surface area contributed by atoms with Crippen LogP contribution in [0.25, 0.3) is 0 Å². The van der Waals surface area contributed by atoms with Crippen molar-refractivity contribution in [1.82, 2.24) is 15.0 Å². The van der Waals surface area contributed by atoms with Gasteiger partial charge in [-0.05, 0) is 18.2 Å². The Morgan fingerprint density at radius 3 is 2.37 bits per heavy atom. The van der Waals surface area contributed by atoms with Crippen LogP contribution in [0.15, 0.2) is 24.3 Å². The number of nitrogens with zero attached hydrogens (tertiary/aromatic N) is 5. The molecule has 2 aromatic rings. The molecule has 2 N–H and O–H groups in total. The van der Waals surface area contributed by atoms with Crippen LogP contribution in [0.5, 0.6) is 0 Å². The summed E-state index contributed by atoms with van der Waals surface area (Å²) >= 11 is 5.98. The summed E-state index contributed by atoms with van der Waals surface area (Å²) in [6.45, 7) is 0. The Morgan fingerprint density at radius 1 is 1.05 bits per heavy atom. The maximum absolute atomic E-state index is 5.98. The maximum Gasteiger partial charge on any atom is 0.236 e. The van der Waals surface area contributed by atoms with E-state index in [1.54, 1.807) is 9.80 Å². The van der Waals surface area contributed by atoms with Crippen molar-refractivity contribution in [3.8, 4) is 0 Å². The number of halogens is 1. The zero-order chi connectivity index (χ0) is 14.0. The number of nitrogen functional groups attached to an aromatic ring is 1. The predicted octanol–water partition coefficient (Wildman–Crippen LogP) is 1.94. The molecule has 1 aromatic carbocycles. The molecule has 0 spiro atoms. The molecule has 19 heavy (non-hydrogen) atoms. The lowest BCUT2D eigenvalue weighted by Crippen LogP contribution is -2.19. The SMILES string of the molecule is CN(C)c1nc(N)nc(N(C)c2cccc(Cl)c2)n1. The van der Waals surface area contributed by atoms with Gasteiger partial charge in [0.2, 0.25) is 17.8 Å². The number of aromatic nitrogens is 3. The van der Waals surface area contributed by atoms with Crippen LogP contribution in [-0.4, -0.2) is 36.1 Å². The molecule has 0 saturated heterocycles. The van der Waals surface area contributed by atoms with Gasteiger partial charge >= 0.3 is 0 Å². The monoisotopic (exact) mass is 278 g/mol. The van der Waals surface area contributed by atoms with Crippen LogP contribution in [-0.2, 0) is 0 Å². The quantitative estimate of drug-likeness (QED) is 0.925. The molecule has 0 aliphatic rings. The molecule has 0 fully saturated rings. The van der Waals surface area contributed by atoms with Gasteiger partial charge in [0.1, 0.15) is 0 Å². The summed E-state index contributed by atoms with van der Waals surface area (Å²) in [6, 6.07) is 7.43. The molecule has 0 amide bonds. The number of rotatable bonds is 3. The van der Waals surface area contributed by atoms with E-state index in [0.29, 0.717) is 16.9 Å². The molecule has 0 aliphatic carbocycles. The Bertz CT molecular complexity index is 586. The van der Waals surface area contributed by atoms with E-state index < -0.39 is 0 Å². The topological polar surface area (TPSA) is 71.2 Å². The fourth-order valence-corrected chi connectivity index (χ4v) is 1.70. The molecule has 0 atom stereocenters. The van der Waals surface area contributed by atoms with Crippen molar-refractivity contribution in [2.45, 2.75) is 0 Å². The van der Waals surface area contributed by atoms with Crippen LogP contribution in [0.2, 0.25) is 5.02 Å². The van der Waals surface area contributed by atoms with Crippen molar-refractivity contribution in [2.75, 3.05) is 36.7 Å². The van der Waals surface area contributed by atoms with E-state index in [-0.39, 0.29) is 5.95 Å². The first kappa shape index (κ1) is 13.4. The highest BCUT2D eigenvalue weighted by atomic mass is 35.5. The zero-order valence-corrected chi connectivity index (χ0v) is 11.8. The summed E-state index contributed by atoms with van der Waals surface area (Å²) in [7, 11) is 5.54. The van der Waals surface area contributed by atoms with Gasteiger partial charge in [-0.1, -0.05) is 17.7 Å². The third-order valence-electron chi connectivity index (χ3n) is 2.52. The Hall–Kier alpha value is -2.08. The number of nitrogens with two attached hydrogens (primary N) is 1. The van der Waals surface area contributed by atoms with Gasteiger partial charge in [0.15, 0.2) is 0 Å². The summed E-state index contributed by atoms with van der Waals surface area (Å²) in [5, 5.41) is 0.652. The smallest absolute Gasteiger partial charge is 0.236 e. The third-order valence-corrected chi connectivity index (χ3v) is 2.76. The minimum atomic E-state index is 0.183. The normalized spacial score (nSPS) is 10.3. The molecule has 1 heterocycles. The standard InChI is InChI=1S/C12H15ClN6/c1-18(2)11-15-10(14)16-12(17-11)19(3)9-6-4-5-8(13)7-9/h4-7H,1-3H3,(H2,14,15,16,17). The second kappa shape index (κ2) is 5.27. The lowest BCUT2D eigenvalue weighted by Gasteiger charge is -2.19. The Morgan fingerprint density at radius 2 is 1.74 bits per heavy atom. The van der Waals surface area contributed by atoms with E-state index in [9.17, 15) is 0 Å². The highest BCUT2D eigenvalue weighted by Gasteiger charge is 2.11. The average molecular weight is 279 g/mol. The Labute approximate surface area is 116 Å². The van der Waals surface area contributed by atoms with E-state index in [2.05, 4.69) is 15.0 Å². The van der Waals surface area contributed by atoms with Crippen molar-refractivity contribution in [2.24, 2.45) is 0 Å². The molecule has 7 heteroatoms. The van der Waals surface area contributed by atoms with Crippen molar-refractivity contribution < 1.29 is 0 Å². The third kappa shape index (κ3) is 3.03. The summed E-state index contributed by atoms with van der Waals surface area (Å²) in [6.07, 6.45) is 0.